The monoisotopic (exact) mass is 304 g/mol. The van der Waals surface area contributed by atoms with Gasteiger partial charge in [-0.05, 0) is 38.8 Å². The van der Waals surface area contributed by atoms with E-state index >= 15 is 0 Å². The smallest absolute Gasteiger partial charge is 0.353 e. The predicted octanol–water partition coefficient (Wildman–Crippen LogP) is 1.68. The average Bonchev–Trinajstić information content (AvgIpc) is 2.78. The van der Waals surface area contributed by atoms with Gasteiger partial charge in [0.1, 0.15) is 0 Å². The summed E-state index contributed by atoms with van der Waals surface area (Å²) in [5.41, 5.74) is 0. The van der Waals surface area contributed by atoms with Gasteiger partial charge in [-0.15, -0.1) is 0 Å². The molecular formula is C14H23F3N4. The SMILES string of the molecule is CN1CCN=C1NC1CC(N2CCC(C(F)(F)F)CC2)C1. The number of likely N-dealkylation sites (N-methyl/N-ethyl adjacent to an activating group) is 1. The lowest BCUT2D eigenvalue weighted by Crippen LogP contribution is -2.57. The molecule has 0 atom stereocenters. The van der Waals surface area contributed by atoms with Crippen LogP contribution < -0.4 is 5.32 Å². The molecule has 0 spiro atoms. The first-order valence-corrected chi connectivity index (χ1v) is 7.76. The van der Waals surface area contributed by atoms with Crippen molar-refractivity contribution in [2.24, 2.45) is 10.9 Å². The molecule has 0 bridgehead atoms. The normalized spacial score (nSPS) is 32.0. The summed E-state index contributed by atoms with van der Waals surface area (Å²) in [5, 5.41) is 3.44. The van der Waals surface area contributed by atoms with Crippen LogP contribution in [0.2, 0.25) is 0 Å². The lowest BCUT2D eigenvalue weighted by molar-refractivity contribution is -0.187. The maximum Gasteiger partial charge on any atom is 0.391 e. The van der Waals surface area contributed by atoms with E-state index in [1.165, 1.54) is 0 Å². The number of hydrogen-bond donors (Lipinski definition) is 1. The molecule has 0 unspecified atom stereocenters. The molecule has 2 heterocycles. The second-order valence-electron chi connectivity index (χ2n) is 6.45. The summed E-state index contributed by atoms with van der Waals surface area (Å²) in [7, 11) is 2.02. The van der Waals surface area contributed by atoms with Crippen molar-refractivity contribution in [3.8, 4) is 0 Å². The highest BCUT2D eigenvalue weighted by molar-refractivity contribution is 5.81. The van der Waals surface area contributed by atoms with Gasteiger partial charge in [0.15, 0.2) is 5.96 Å². The fourth-order valence-electron chi connectivity index (χ4n) is 3.47. The largest absolute Gasteiger partial charge is 0.391 e. The van der Waals surface area contributed by atoms with Crippen LogP contribution in [0.3, 0.4) is 0 Å². The highest BCUT2D eigenvalue weighted by Gasteiger charge is 2.43. The van der Waals surface area contributed by atoms with Crippen LogP contribution in [0.5, 0.6) is 0 Å². The molecule has 0 aromatic heterocycles. The van der Waals surface area contributed by atoms with E-state index in [1.54, 1.807) is 0 Å². The highest BCUT2D eigenvalue weighted by Crippen LogP contribution is 2.36. The zero-order chi connectivity index (χ0) is 15.0. The van der Waals surface area contributed by atoms with Crippen molar-refractivity contribution in [3.05, 3.63) is 0 Å². The number of likely N-dealkylation sites (tertiary alicyclic amines) is 1. The minimum atomic E-state index is -4.01. The molecule has 7 heteroatoms. The Kier molecular flexibility index (Phi) is 4.03. The third kappa shape index (κ3) is 3.27. The summed E-state index contributed by atoms with van der Waals surface area (Å²) in [4.78, 5) is 8.76. The van der Waals surface area contributed by atoms with E-state index in [-0.39, 0.29) is 12.8 Å². The van der Waals surface area contributed by atoms with Crippen molar-refractivity contribution in [2.45, 2.75) is 43.9 Å². The second-order valence-corrected chi connectivity index (χ2v) is 6.45. The van der Waals surface area contributed by atoms with E-state index in [4.69, 9.17) is 0 Å². The number of guanidine groups is 1. The van der Waals surface area contributed by atoms with Gasteiger partial charge < -0.3 is 15.1 Å². The van der Waals surface area contributed by atoms with Gasteiger partial charge in [0, 0.05) is 25.7 Å². The Morgan fingerprint density at radius 2 is 1.81 bits per heavy atom. The summed E-state index contributed by atoms with van der Waals surface area (Å²) in [5.74, 6) is -0.126. The number of hydrogen-bond acceptors (Lipinski definition) is 4. The van der Waals surface area contributed by atoms with Crippen molar-refractivity contribution < 1.29 is 13.2 Å². The Labute approximate surface area is 123 Å². The predicted molar refractivity (Wildman–Crippen MR) is 75.2 cm³/mol. The van der Waals surface area contributed by atoms with Crippen LogP contribution in [0.4, 0.5) is 13.2 Å². The molecule has 2 fully saturated rings. The molecule has 1 N–H and O–H groups in total. The van der Waals surface area contributed by atoms with E-state index < -0.39 is 12.1 Å². The lowest BCUT2D eigenvalue weighted by Gasteiger charge is -2.46. The Morgan fingerprint density at radius 3 is 2.33 bits per heavy atom. The molecule has 1 aliphatic carbocycles. The van der Waals surface area contributed by atoms with Gasteiger partial charge in [-0.25, -0.2) is 0 Å². The number of nitrogens with one attached hydrogen (secondary N) is 1. The number of alkyl halides is 3. The van der Waals surface area contributed by atoms with Crippen LogP contribution in [-0.2, 0) is 0 Å². The molecule has 0 radical (unpaired) electrons. The minimum absolute atomic E-state index is 0.257. The van der Waals surface area contributed by atoms with Crippen LogP contribution in [0.15, 0.2) is 4.99 Å². The maximum absolute atomic E-state index is 12.6. The van der Waals surface area contributed by atoms with Gasteiger partial charge in [0.25, 0.3) is 0 Å². The summed E-state index contributed by atoms with van der Waals surface area (Å²) < 4.78 is 37.9. The summed E-state index contributed by atoms with van der Waals surface area (Å²) in [6.45, 7) is 2.98. The van der Waals surface area contributed by atoms with Crippen molar-refractivity contribution in [1.82, 2.24) is 15.1 Å². The summed E-state index contributed by atoms with van der Waals surface area (Å²) in [6, 6.07) is 0.874. The van der Waals surface area contributed by atoms with E-state index in [9.17, 15) is 13.2 Å². The topological polar surface area (TPSA) is 30.9 Å². The Hall–Kier alpha value is -0.980. The zero-order valence-electron chi connectivity index (χ0n) is 12.4. The fraction of sp³-hybridized carbons (Fsp3) is 0.929. The first kappa shape index (κ1) is 14.9. The average molecular weight is 304 g/mol. The number of piperidine rings is 1. The van der Waals surface area contributed by atoms with Crippen LogP contribution in [0.25, 0.3) is 0 Å². The third-order valence-electron chi connectivity index (χ3n) is 5.01. The maximum atomic E-state index is 12.6. The van der Waals surface area contributed by atoms with Gasteiger partial charge in [-0.1, -0.05) is 0 Å². The summed E-state index contributed by atoms with van der Waals surface area (Å²) in [6.07, 6.45) is -1.46. The molecule has 2 aliphatic heterocycles. The van der Waals surface area contributed by atoms with Crippen molar-refractivity contribution in [2.75, 3.05) is 33.2 Å². The number of halogens is 3. The van der Waals surface area contributed by atoms with E-state index in [2.05, 4.69) is 20.1 Å². The first-order chi connectivity index (χ1) is 9.93. The van der Waals surface area contributed by atoms with Crippen LogP contribution in [0, 0.1) is 5.92 Å². The van der Waals surface area contributed by atoms with Crippen molar-refractivity contribution in [1.29, 1.82) is 0 Å². The minimum Gasteiger partial charge on any atom is -0.353 e. The van der Waals surface area contributed by atoms with Crippen LogP contribution in [0.1, 0.15) is 25.7 Å². The molecule has 21 heavy (non-hydrogen) atoms. The van der Waals surface area contributed by atoms with E-state index in [0.717, 1.165) is 31.9 Å². The quantitative estimate of drug-likeness (QED) is 0.842. The first-order valence-electron chi connectivity index (χ1n) is 7.76. The van der Waals surface area contributed by atoms with Crippen molar-refractivity contribution >= 4 is 5.96 Å². The molecule has 3 aliphatic rings. The fourth-order valence-corrected chi connectivity index (χ4v) is 3.47. The number of aliphatic imine (C=N–C) groups is 1. The number of rotatable bonds is 2. The lowest BCUT2D eigenvalue weighted by atomic mass is 9.83. The molecule has 1 saturated carbocycles. The van der Waals surface area contributed by atoms with Gasteiger partial charge in [0.05, 0.1) is 12.5 Å². The third-order valence-corrected chi connectivity index (χ3v) is 5.01. The van der Waals surface area contributed by atoms with Crippen LogP contribution in [-0.4, -0.2) is 67.2 Å². The molecule has 4 nitrogen and oxygen atoms in total. The molecule has 120 valence electrons. The van der Waals surface area contributed by atoms with E-state index in [1.807, 2.05) is 7.05 Å². The molecule has 3 rings (SSSR count). The van der Waals surface area contributed by atoms with E-state index in [0.29, 0.717) is 25.2 Å². The molecular weight excluding hydrogens is 281 g/mol. The standard InChI is InChI=1S/C14H23F3N4/c1-20-7-4-18-13(20)19-11-8-12(9-11)21-5-2-10(3-6-21)14(15,16)17/h10-12H,2-9H2,1H3,(H,18,19). The van der Waals surface area contributed by atoms with Crippen LogP contribution >= 0.6 is 0 Å². The molecule has 0 amide bonds. The van der Waals surface area contributed by atoms with Gasteiger partial charge in [-0.2, -0.15) is 13.2 Å². The Balaban J connectivity index is 1.39. The Bertz CT molecular complexity index is 396. The molecule has 0 aromatic rings. The molecule has 1 saturated heterocycles. The zero-order valence-corrected chi connectivity index (χ0v) is 12.4. The molecule has 0 aromatic carbocycles. The van der Waals surface area contributed by atoms with Gasteiger partial charge >= 0.3 is 6.18 Å². The second kappa shape index (κ2) is 5.66. The number of nitrogens with zero attached hydrogens (tertiary/aromatic N) is 3. The van der Waals surface area contributed by atoms with Gasteiger partial charge in [0.2, 0.25) is 0 Å². The Morgan fingerprint density at radius 1 is 1.14 bits per heavy atom. The summed E-state index contributed by atoms with van der Waals surface area (Å²) >= 11 is 0. The van der Waals surface area contributed by atoms with Gasteiger partial charge in [-0.3, -0.25) is 4.99 Å². The van der Waals surface area contributed by atoms with Crippen molar-refractivity contribution in [3.63, 3.8) is 0 Å². The highest BCUT2D eigenvalue weighted by atomic mass is 19.4.